The highest BCUT2D eigenvalue weighted by atomic mass is 79.9. The second-order valence-corrected chi connectivity index (χ2v) is 7.15. The van der Waals surface area contributed by atoms with Crippen LogP contribution in [-0.4, -0.2) is 29.3 Å². The Morgan fingerprint density at radius 3 is 2.46 bits per heavy atom. The summed E-state index contributed by atoms with van der Waals surface area (Å²) in [7, 11) is 0. The zero-order valence-corrected chi connectivity index (χ0v) is 16.7. The van der Waals surface area contributed by atoms with Crippen molar-refractivity contribution in [1.29, 1.82) is 0 Å². The molecule has 4 nitrogen and oxygen atoms in total. The van der Waals surface area contributed by atoms with Crippen LogP contribution in [0.3, 0.4) is 0 Å². The number of hydrogen-bond donors (Lipinski definition) is 1. The SMILES string of the molecule is C=C/C=C(\C=C)CNC(=O)C(c1ccc(Br)cc1)N(C(=O)CC)C1CC1. The lowest BCUT2D eigenvalue weighted by atomic mass is 10.0. The third-order valence-electron chi connectivity index (χ3n) is 4.30. The van der Waals surface area contributed by atoms with E-state index in [1.165, 1.54) is 0 Å². The van der Waals surface area contributed by atoms with E-state index in [0.717, 1.165) is 28.5 Å². The van der Waals surface area contributed by atoms with Crippen LogP contribution in [0.2, 0.25) is 0 Å². The quantitative estimate of drug-likeness (QED) is 0.609. The van der Waals surface area contributed by atoms with Crippen molar-refractivity contribution in [2.75, 3.05) is 6.54 Å². The summed E-state index contributed by atoms with van der Waals surface area (Å²) in [5.74, 6) is -0.181. The van der Waals surface area contributed by atoms with Crippen LogP contribution in [0.5, 0.6) is 0 Å². The van der Waals surface area contributed by atoms with Crippen LogP contribution in [0.1, 0.15) is 37.8 Å². The summed E-state index contributed by atoms with van der Waals surface area (Å²) < 4.78 is 0.933. The molecule has 0 spiro atoms. The van der Waals surface area contributed by atoms with Crippen molar-refractivity contribution < 1.29 is 9.59 Å². The van der Waals surface area contributed by atoms with Gasteiger partial charge in [0.1, 0.15) is 6.04 Å². The van der Waals surface area contributed by atoms with Gasteiger partial charge in [0, 0.05) is 23.5 Å². The molecule has 1 atom stereocenters. The van der Waals surface area contributed by atoms with Crippen LogP contribution in [-0.2, 0) is 9.59 Å². The van der Waals surface area contributed by atoms with E-state index in [0.29, 0.717) is 13.0 Å². The number of carbonyl (C=O) groups is 2. The third kappa shape index (κ3) is 5.18. The minimum atomic E-state index is -0.627. The lowest BCUT2D eigenvalue weighted by Crippen LogP contribution is -2.45. The van der Waals surface area contributed by atoms with Crippen molar-refractivity contribution in [2.45, 2.75) is 38.3 Å². The summed E-state index contributed by atoms with van der Waals surface area (Å²) in [6.07, 6.45) is 7.42. The lowest BCUT2D eigenvalue weighted by molar-refractivity contribution is -0.141. The van der Waals surface area contributed by atoms with Gasteiger partial charge in [0.2, 0.25) is 11.8 Å². The maximum Gasteiger partial charge on any atom is 0.247 e. The van der Waals surface area contributed by atoms with E-state index in [9.17, 15) is 9.59 Å². The van der Waals surface area contributed by atoms with Crippen molar-refractivity contribution in [3.8, 4) is 0 Å². The van der Waals surface area contributed by atoms with Gasteiger partial charge in [0.05, 0.1) is 0 Å². The van der Waals surface area contributed by atoms with Gasteiger partial charge in [-0.2, -0.15) is 0 Å². The Kier molecular flexibility index (Phi) is 7.39. The Morgan fingerprint density at radius 2 is 1.96 bits per heavy atom. The molecule has 5 heteroatoms. The molecular weight excluding hydrogens is 392 g/mol. The summed E-state index contributed by atoms with van der Waals surface area (Å²) in [6, 6.07) is 7.08. The Morgan fingerprint density at radius 1 is 1.31 bits per heavy atom. The molecule has 1 unspecified atom stereocenters. The minimum absolute atomic E-state index is 0.00106. The number of hydrogen-bond acceptors (Lipinski definition) is 2. The van der Waals surface area contributed by atoms with E-state index in [1.807, 2.05) is 31.2 Å². The number of carbonyl (C=O) groups excluding carboxylic acids is 2. The molecule has 2 amide bonds. The van der Waals surface area contributed by atoms with E-state index in [-0.39, 0.29) is 17.9 Å². The number of allylic oxidation sites excluding steroid dienone is 2. The highest BCUT2D eigenvalue weighted by Gasteiger charge is 2.40. The first-order valence-electron chi connectivity index (χ1n) is 8.80. The Balaban J connectivity index is 2.30. The van der Waals surface area contributed by atoms with Crippen LogP contribution in [0, 0.1) is 0 Å². The number of amides is 2. The van der Waals surface area contributed by atoms with Crippen molar-refractivity contribution in [2.24, 2.45) is 0 Å². The van der Waals surface area contributed by atoms with E-state index in [2.05, 4.69) is 34.4 Å². The Bertz CT molecular complexity index is 705. The smallest absolute Gasteiger partial charge is 0.247 e. The summed E-state index contributed by atoms with van der Waals surface area (Å²) in [4.78, 5) is 27.4. The average molecular weight is 417 g/mol. The average Bonchev–Trinajstić information content (AvgIpc) is 3.48. The fourth-order valence-electron chi connectivity index (χ4n) is 2.81. The highest BCUT2D eigenvalue weighted by Crippen LogP contribution is 2.35. The van der Waals surface area contributed by atoms with Gasteiger partial charge < -0.3 is 10.2 Å². The van der Waals surface area contributed by atoms with E-state index in [4.69, 9.17) is 0 Å². The first-order chi connectivity index (χ1) is 12.5. The van der Waals surface area contributed by atoms with E-state index >= 15 is 0 Å². The highest BCUT2D eigenvalue weighted by molar-refractivity contribution is 9.10. The maximum atomic E-state index is 13.0. The molecule has 0 saturated heterocycles. The lowest BCUT2D eigenvalue weighted by Gasteiger charge is -2.31. The van der Waals surface area contributed by atoms with Gasteiger partial charge in [-0.3, -0.25) is 9.59 Å². The molecule has 0 bridgehead atoms. The van der Waals surface area contributed by atoms with Crippen molar-refractivity contribution in [1.82, 2.24) is 10.2 Å². The third-order valence-corrected chi connectivity index (χ3v) is 4.83. The van der Waals surface area contributed by atoms with Crippen molar-refractivity contribution >= 4 is 27.7 Å². The molecule has 0 heterocycles. The standard InChI is InChI=1S/C21H25BrN2O2/c1-4-7-15(5-2)14-23-21(26)20(16-8-10-17(22)11-9-16)24(18-12-13-18)19(25)6-3/h4-5,7-11,18,20H,1-2,6,12-14H2,3H3,(H,23,26)/b15-7+. The zero-order valence-electron chi connectivity index (χ0n) is 15.1. The Hall–Kier alpha value is -2.14. The van der Waals surface area contributed by atoms with Crippen LogP contribution >= 0.6 is 15.9 Å². The van der Waals surface area contributed by atoms with Crippen molar-refractivity contribution in [3.05, 3.63) is 71.3 Å². The predicted octanol–water partition coefficient (Wildman–Crippen LogP) is 4.31. The van der Waals surface area contributed by atoms with E-state index < -0.39 is 6.04 Å². The number of halogens is 1. The first-order valence-corrected chi connectivity index (χ1v) is 9.59. The number of rotatable bonds is 9. The fraction of sp³-hybridized carbons (Fsp3) is 0.333. The predicted molar refractivity (Wildman–Crippen MR) is 109 cm³/mol. The molecule has 1 N–H and O–H groups in total. The van der Waals surface area contributed by atoms with Gasteiger partial charge in [0.15, 0.2) is 0 Å². The number of benzene rings is 1. The number of nitrogens with one attached hydrogen (secondary N) is 1. The van der Waals surface area contributed by atoms with Gasteiger partial charge in [-0.25, -0.2) is 0 Å². The molecule has 1 aliphatic rings. The Labute approximate surface area is 163 Å². The second kappa shape index (κ2) is 9.53. The van der Waals surface area contributed by atoms with Gasteiger partial charge in [-0.15, -0.1) is 0 Å². The normalized spacial score (nSPS) is 15.1. The molecule has 26 heavy (non-hydrogen) atoms. The van der Waals surface area contributed by atoms with Crippen molar-refractivity contribution in [3.63, 3.8) is 0 Å². The van der Waals surface area contributed by atoms with E-state index in [1.54, 1.807) is 23.1 Å². The molecule has 1 fully saturated rings. The van der Waals surface area contributed by atoms with Crippen LogP contribution < -0.4 is 5.32 Å². The van der Waals surface area contributed by atoms with Crippen LogP contribution in [0.4, 0.5) is 0 Å². The molecular formula is C21H25BrN2O2. The summed E-state index contributed by atoms with van der Waals surface area (Å²) in [5.41, 5.74) is 1.68. The van der Waals surface area contributed by atoms with Gasteiger partial charge in [0.25, 0.3) is 0 Å². The zero-order chi connectivity index (χ0) is 19.1. The molecule has 0 aromatic heterocycles. The minimum Gasteiger partial charge on any atom is -0.350 e. The molecule has 1 aromatic rings. The molecule has 1 aromatic carbocycles. The summed E-state index contributed by atoms with van der Waals surface area (Å²) >= 11 is 3.42. The largest absolute Gasteiger partial charge is 0.350 e. The van der Waals surface area contributed by atoms with Gasteiger partial charge in [-0.05, 0) is 36.1 Å². The number of nitrogens with zero attached hydrogens (tertiary/aromatic N) is 1. The summed E-state index contributed by atoms with van der Waals surface area (Å²) in [6.45, 7) is 9.59. The maximum absolute atomic E-state index is 13.0. The first kappa shape index (κ1) is 20.2. The van der Waals surface area contributed by atoms with Gasteiger partial charge >= 0.3 is 0 Å². The molecule has 1 aliphatic carbocycles. The van der Waals surface area contributed by atoms with Crippen LogP contribution in [0.15, 0.2) is 65.7 Å². The fourth-order valence-corrected chi connectivity index (χ4v) is 3.08. The molecule has 2 rings (SSSR count). The monoisotopic (exact) mass is 416 g/mol. The van der Waals surface area contributed by atoms with Crippen LogP contribution in [0.25, 0.3) is 0 Å². The molecule has 0 aliphatic heterocycles. The molecule has 0 radical (unpaired) electrons. The molecule has 1 saturated carbocycles. The molecule has 138 valence electrons. The second-order valence-electron chi connectivity index (χ2n) is 6.24. The summed E-state index contributed by atoms with van der Waals surface area (Å²) in [5, 5.41) is 2.94. The topological polar surface area (TPSA) is 49.4 Å². The van der Waals surface area contributed by atoms with Gasteiger partial charge in [-0.1, -0.05) is 66.4 Å².